The molecule has 3 spiro atoms. The molecule has 5 saturated carbocycles. The zero-order valence-electron chi connectivity index (χ0n) is 30.1. The number of aliphatic hydroxyl groups is 2. The van der Waals surface area contributed by atoms with Gasteiger partial charge in [0.05, 0.1) is 12.2 Å². The number of nitrogens with one attached hydrogen (secondary N) is 2. The van der Waals surface area contributed by atoms with Gasteiger partial charge in [-0.2, -0.15) is 0 Å². The van der Waals surface area contributed by atoms with Crippen molar-refractivity contribution in [2.45, 2.75) is 154 Å². The van der Waals surface area contributed by atoms with Crippen molar-refractivity contribution >= 4 is 0 Å². The Bertz CT molecular complexity index is 1500. The molecule has 0 aromatic carbocycles. The summed E-state index contributed by atoms with van der Waals surface area (Å²) in [6, 6.07) is 0.115. The van der Waals surface area contributed by atoms with E-state index < -0.39 is 0 Å². The summed E-state index contributed by atoms with van der Waals surface area (Å²) in [5, 5.41) is 29.8. The summed E-state index contributed by atoms with van der Waals surface area (Å²) in [5.74, 6) is 12.4. The monoisotopic (exact) mass is 638 g/mol. The van der Waals surface area contributed by atoms with Crippen molar-refractivity contribution in [2.75, 3.05) is 6.54 Å². The quantitative estimate of drug-likeness (QED) is 0.191. The average Bonchev–Trinajstić information content (AvgIpc) is 3.64. The Balaban J connectivity index is 1.12. The van der Waals surface area contributed by atoms with Crippen LogP contribution in [0.4, 0.5) is 0 Å². The second kappa shape index (κ2) is 10.3. The molecule has 9 aliphatic rings. The molecule has 15 atom stereocenters. The SMILES string of the molecule is C=C(C)C1CC2=C(C)C=C3CC2(C)C2(CCCC2C#CCC2CC4CC5CC6CC(NCC(C)O)C(O)CC6C56CCC32NC46C)C1. The van der Waals surface area contributed by atoms with Crippen LogP contribution in [-0.4, -0.2) is 46.1 Å². The molecule has 4 N–H and O–H groups in total. The topological polar surface area (TPSA) is 64.5 Å². The van der Waals surface area contributed by atoms with Gasteiger partial charge in [0, 0.05) is 36.0 Å². The maximum atomic E-state index is 11.5. The highest BCUT2D eigenvalue weighted by Gasteiger charge is 2.76. The fourth-order valence-electron chi connectivity index (χ4n) is 15.7. The van der Waals surface area contributed by atoms with Gasteiger partial charge in [-0.1, -0.05) is 48.6 Å². The predicted octanol–water partition coefficient (Wildman–Crippen LogP) is 7.47. The Labute approximate surface area is 285 Å². The number of piperidine rings is 2. The summed E-state index contributed by atoms with van der Waals surface area (Å²) in [5.41, 5.74) is 7.25. The van der Waals surface area contributed by atoms with Crippen molar-refractivity contribution in [3.05, 3.63) is 34.9 Å². The summed E-state index contributed by atoms with van der Waals surface area (Å²) < 4.78 is 0. The zero-order valence-corrected chi connectivity index (χ0v) is 30.1. The summed E-state index contributed by atoms with van der Waals surface area (Å²) >= 11 is 0. The molecule has 47 heavy (non-hydrogen) atoms. The minimum atomic E-state index is -0.376. The molecule has 9 rings (SSSR count). The highest BCUT2D eigenvalue weighted by Crippen LogP contribution is 2.76. The molecule has 2 heterocycles. The Morgan fingerprint density at radius 1 is 1.11 bits per heavy atom. The van der Waals surface area contributed by atoms with E-state index in [1.807, 2.05) is 6.92 Å². The lowest BCUT2D eigenvalue weighted by molar-refractivity contribution is -0.110. The number of fused-ring (bicyclic) bond motifs is 2. The van der Waals surface area contributed by atoms with Crippen LogP contribution in [0.5, 0.6) is 0 Å². The summed E-state index contributed by atoms with van der Waals surface area (Å²) in [6.45, 7) is 17.0. The third-order valence-electron chi connectivity index (χ3n) is 17.7. The van der Waals surface area contributed by atoms with Gasteiger partial charge in [0.15, 0.2) is 0 Å². The van der Waals surface area contributed by atoms with E-state index >= 15 is 0 Å². The normalized spacial score (nSPS) is 54.3. The van der Waals surface area contributed by atoms with Crippen LogP contribution in [0.25, 0.3) is 0 Å². The lowest BCUT2D eigenvalue weighted by Gasteiger charge is -2.68. The van der Waals surface area contributed by atoms with Gasteiger partial charge >= 0.3 is 0 Å². The standard InChI is InChI=1S/C43H62N2O2/c1-25(2)29-17-35-26(3)15-34-23-39(35,5)41(22-29)12-8-11-30(41)9-7-10-31-19-32-20-33-16-28-18-37(44-24-27(4)46)38(47)21-36(28)42(33)13-14-43(31,34)45-40(32,42)6/h15,27-33,36-38,44-47H,1,8,10-14,16-24H2,2-6H3. The van der Waals surface area contributed by atoms with Gasteiger partial charge in [0.25, 0.3) is 0 Å². The van der Waals surface area contributed by atoms with Crippen molar-refractivity contribution in [1.82, 2.24) is 10.6 Å². The number of rotatable bonds is 4. The van der Waals surface area contributed by atoms with Crippen LogP contribution in [0.15, 0.2) is 34.9 Å². The molecular formula is C43H62N2O2. The molecule has 4 heteroatoms. The van der Waals surface area contributed by atoms with Gasteiger partial charge in [-0.15, -0.1) is 5.92 Å². The molecule has 2 aliphatic heterocycles. The van der Waals surface area contributed by atoms with Gasteiger partial charge in [-0.3, -0.25) is 0 Å². The Hall–Kier alpha value is -1.38. The summed E-state index contributed by atoms with van der Waals surface area (Å²) in [7, 11) is 0. The van der Waals surface area contributed by atoms with E-state index in [1.165, 1.54) is 76.2 Å². The predicted molar refractivity (Wildman–Crippen MR) is 189 cm³/mol. The van der Waals surface area contributed by atoms with Crippen LogP contribution in [-0.2, 0) is 0 Å². The van der Waals surface area contributed by atoms with E-state index in [1.54, 1.807) is 16.7 Å². The van der Waals surface area contributed by atoms with E-state index in [2.05, 4.69) is 57.5 Å². The van der Waals surface area contributed by atoms with E-state index in [0.29, 0.717) is 42.1 Å². The average molecular weight is 639 g/mol. The number of hydrogen-bond acceptors (Lipinski definition) is 4. The molecule has 0 radical (unpaired) electrons. The zero-order chi connectivity index (χ0) is 32.7. The Kier molecular flexibility index (Phi) is 6.95. The van der Waals surface area contributed by atoms with Crippen molar-refractivity contribution in [3.63, 3.8) is 0 Å². The van der Waals surface area contributed by atoms with Crippen molar-refractivity contribution in [1.29, 1.82) is 0 Å². The van der Waals surface area contributed by atoms with Crippen LogP contribution in [0.2, 0.25) is 0 Å². The first kappa shape index (κ1) is 31.6. The molecular weight excluding hydrogens is 576 g/mol. The minimum Gasteiger partial charge on any atom is -0.392 e. The van der Waals surface area contributed by atoms with Crippen LogP contribution < -0.4 is 10.6 Å². The second-order valence-electron chi connectivity index (χ2n) is 19.3. The van der Waals surface area contributed by atoms with Gasteiger partial charge in [0.2, 0.25) is 0 Å². The molecule has 15 unspecified atom stereocenters. The molecule has 2 saturated heterocycles. The van der Waals surface area contributed by atoms with Crippen LogP contribution in [0.1, 0.15) is 125 Å². The Morgan fingerprint density at radius 3 is 2.70 bits per heavy atom. The molecule has 0 aromatic heterocycles. The summed E-state index contributed by atoms with van der Waals surface area (Å²) in [4.78, 5) is 0. The van der Waals surface area contributed by atoms with Gasteiger partial charge in [0.1, 0.15) is 0 Å². The largest absolute Gasteiger partial charge is 0.392 e. The number of allylic oxidation sites excluding steroid dienone is 4. The van der Waals surface area contributed by atoms with Crippen molar-refractivity contribution in [3.8, 4) is 11.8 Å². The molecule has 0 aromatic rings. The highest BCUT2D eigenvalue weighted by atomic mass is 16.3. The van der Waals surface area contributed by atoms with Gasteiger partial charge in [-0.25, -0.2) is 0 Å². The van der Waals surface area contributed by atoms with Crippen LogP contribution >= 0.6 is 0 Å². The van der Waals surface area contributed by atoms with Gasteiger partial charge in [-0.05, 0) is 162 Å². The van der Waals surface area contributed by atoms with E-state index in [0.717, 1.165) is 25.2 Å². The third-order valence-corrected chi connectivity index (χ3v) is 17.7. The molecule has 256 valence electrons. The molecule has 4 nitrogen and oxygen atoms in total. The molecule has 0 amide bonds. The van der Waals surface area contributed by atoms with Crippen molar-refractivity contribution in [2.24, 2.45) is 57.7 Å². The first-order valence-corrected chi connectivity index (χ1v) is 19.8. The summed E-state index contributed by atoms with van der Waals surface area (Å²) in [6.07, 6.45) is 19.2. The van der Waals surface area contributed by atoms with Crippen LogP contribution in [0, 0.1) is 69.5 Å². The van der Waals surface area contributed by atoms with Crippen molar-refractivity contribution < 1.29 is 10.2 Å². The maximum Gasteiger partial charge on any atom is 0.0696 e. The number of aliphatic hydroxyl groups excluding tert-OH is 2. The fourth-order valence-corrected chi connectivity index (χ4v) is 15.7. The lowest BCUT2D eigenvalue weighted by atomic mass is 9.42. The minimum absolute atomic E-state index is 0.0282. The van der Waals surface area contributed by atoms with E-state index in [-0.39, 0.29) is 45.6 Å². The Morgan fingerprint density at radius 2 is 1.91 bits per heavy atom. The molecule has 7 fully saturated rings. The fraction of sp³-hybridized carbons (Fsp3) is 0.814. The highest BCUT2D eigenvalue weighted by molar-refractivity contribution is 5.49. The third kappa shape index (κ3) is 3.93. The maximum absolute atomic E-state index is 11.5. The van der Waals surface area contributed by atoms with E-state index in [4.69, 9.17) is 5.32 Å². The smallest absolute Gasteiger partial charge is 0.0696 e. The van der Waals surface area contributed by atoms with Crippen LogP contribution in [0.3, 0.4) is 0 Å². The first-order chi connectivity index (χ1) is 22.4. The van der Waals surface area contributed by atoms with Gasteiger partial charge < -0.3 is 20.8 Å². The first-order valence-electron chi connectivity index (χ1n) is 19.8. The molecule has 7 aliphatic carbocycles. The lowest BCUT2D eigenvalue weighted by Crippen LogP contribution is -2.76. The number of hydrogen-bond donors (Lipinski definition) is 4. The van der Waals surface area contributed by atoms with E-state index in [9.17, 15) is 10.2 Å². The second-order valence-corrected chi connectivity index (χ2v) is 19.3. The molecule has 4 bridgehead atoms.